The Kier molecular flexibility index (Phi) is 7.09. The first kappa shape index (κ1) is 19.2. The largest absolute Gasteiger partial charge is 0.381 e. The molecule has 1 aliphatic rings. The van der Waals surface area contributed by atoms with Gasteiger partial charge in [-0.1, -0.05) is 0 Å². The number of nitrogens with zero attached hydrogens (tertiary/aromatic N) is 1. The molecule has 0 bridgehead atoms. The highest BCUT2D eigenvalue weighted by Gasteiger charge is 2.17. The minimum absolute atomic E-state index is 0.180. The van der Waals surface area contributed by atoms with Crippen molar-refractivity contribution in [1.82, 2.24) is 9.62 Å². The maximum Gasteiger partial charge on any atom is 0.251 e. The molecule has 1 heterocycles. The van der Waals surface area contributed by atoms with Crippen molar-refractivity contribution < 1.29 is 17.9 Å². The summed E-state index contributed by atoms with van der Waals surface area (Å²) >= 11 is 1.86. The fraction of sp³-hybridized carbons (Fsp3) is 0.562. The standard InChI is InChI=1S/C16H24N2O4S2/c1-18(2)24(20,21)15-5-3-13(4-6-15)16(19)17-9-12-23-14-7-10-22-11-8-14/h3-6,14H,7-12H2,1-2H3,(H,17,19). The van der Waals surface area contributed by atoms with E-state index in [9.17, 15) is 13.2 Å². The lowest BCUT2D eigenvalue weighted by Crippen LogP contribution is -2.27. The van der Waals surface area contributed by atoms with Crippen LogP contribution in [0.25, 0.3) is 0 Å². The van der Waals surface area contributed by atoms with Crippen LogP contribution in [0.4, 0.5) is 0 Å². The molecule has 2 rings (SSSR count). The number of hydrogen-bond acceptors (Lipinski definition) is 5. The van der Waals surface area contributed by atoms with E-state index >= 15 is 0 Å². The van der Waals surface area contributed by atoms with E-state index < -0.39 is 10.0 Å². The Morgan fingerprint density at radius 2 is 1.88 bits per heavy atom. The first-order valence-electron chi connectivity index (χ1n) is 7.91. The van der Waals surface area contributed by atoms with Crippen molar-refractivity contribution >= 4 is 27.7 Å². The van der Waals surface area contributed by atoms with Crippen molar-refractivity contribution in [3.05, 3.63) is 29.8 Å². The number of nitrogens with one attached hydrogen (secondary N) is 1. The summed E-state index contributed by atoms with van der Waals surface area (Å²) in [5.74, 6) is 0.681. The Labute approximate surface area is 148 Å². The molecular weight excluding hydrogens is 348 g/mol. The number of carbonyl (C=O) groups excluding carboxylic acids is 1. The van der Waals surface area contributed by atoms with Gasteiger partial charge in [0, 0.05) is 50.4 Å². The van der Waals surface area contributed by atoms with Gasteiger partial charge in [0.05, 0.1) is 4.90 Å². The van der Waals surface area contributed by atoms with Crippen LogP contribution in [0.15, 0.2) is 29.2 Å². The zero-order valence-corrected chi connectivity index (χ0v) is 15.7. The van der Waals surface area contributed by atoms with E-state index in [2.05, 4.69) is 5.32 Å². The number of sulfonamides is 1. The molecule has 1 saturated heterocycles. The van der Waals surface area contributed by atoms with Gasteiger partial charge >= 0.3 is 0 Å². The quantitative estimate of drug-likeness (QED) is 0.736. The molecule has 8 heteroatoms. The highest BCUT2D eigenvalue weighted by Crippen LogP contribution is 2.21. The van der Waals surface area contributed by atoms with Crippen molar-refractivity contribution in [3.8, 4) is 0 Å². The fourth-order valence-corrected chi connectivity index (χ4v) is 4.30. The third-order valence-electron chi connectivity index (χ3n) is 3.80. The molecule has 1 N–H and O–H groups in total. The van der Waals surface area contributed by atoms with Crippen LogP contribution in [0.1, 0.15) is 23.2 Å². The minimum Gasteiger partial charge on any atom is -0.381 e. The van der Waals surface area contributed by atoms with Crippen LogP contribution in [0.3, 0.4) is 0 Å². The van der Waals surface area contributed by atoms with Crippen molar-refractivity contribution in [3.63, 3.8) is 0 Å². The predicted octanol–water partition coefficient (Wildman–Crippen LogP) is 1.58. The van der Waals surface area contributed by atoms with Crippen LogP contribution in [0, 0.1) is 0 Å². The van der Waals surface area contributed by atoms with Gasteiger partial charge in [0.25, 0.3) is 5.91 Å². The van der Waals surface area contributed by atoms with Crippen molar-refractivity contribution in [2.24, 2.45) is 0 Å². The molecule has 6 nitrogen and oxygen atoms in total. The molecule has 1 aromatic carbocycles. The lowest BCUT2D eigenvalue weighted by atomic mass is 10.2. The molecule has 1 aromatic rings. The molecule has 0 radical (unpaired) electrons. The second kappa shape index (κ2) is 8.84. The van der Waals surface area contributed by atoms with Crippen LogP contribution in [0.5, 0.6) is 0 Å². The van der Waals surface area contributed by atoms with Gasteiger partial charge in [-0.25, -0.2) is 12.7 Å². The molecule has 0 aliphatic carbocycles. The molecule has 0 saturated carbocycles. The molecule has 0 unspecified atom stereocenters. The molecular formula is C16H24N2O4S2. The first-order chi connectivity index (χ1) is 11.4. The van der Waals surface area contributed by atoms with Crippen LogP contribution < -0.4 is 5.32 Å². The number of rotatable bonds is 7. The highest BCUT2D eigenvalue weighted by molar-refractivity contribution is 7.99. The Morgan fingerprint density at radius 1 is 1.25 bits per heavy atom. The SMILES string of the molecule is CN(C)S(=O)(=O)c1ccc(C(=O)NCCSC2CCOCC2)cc1. The Balaban J connectivity index is 1.80. The van der Waals surface area contributed by atoms with Crippen LogP contribution in [-0.2, 0) is 14.8 Å². The van der Waals surface area contributed by atoms with Gasteiger partial charge in [-0.2, -0.15) is 11.8 Å². The van der Waals surface area contributed by atoms with Gasteiger partial charge in [0.1, 0.15) is 0 Å². The summed E-state index contributed by atoms with van der Waals surface area (Å²) in [6.07, 6.45) is 2.14. The molecule has 24 heavy (non-hydrogen) atoms. The fourth-order valence-electron chi connectivity index (χ4n) is 2.32. The summed E-state index contributed by atoms with van der Waals surface area (Å²) in [6.45, 7) is 2.25. The Morgan fingerprint density at radius 3 is 2.46 bits per heavy atom. The summed E-state index contributed by atoms with van der Waals surface area (Å²) in [5, 5.41) is 3.49. The van der Waals surface area contributed by atoms with Gasteiger partial charge < -0.3 is 10.1 Å². The van der Waals surface area contributed by atoms with E-state index in [0.717, 1.165) is 36.1 Å². The van der Waals surface area contributed by atoms with Gasteiger partial charge in [0.15, 0.2) is 0 Å². The summed E-state index contributed by atoms with van der Waals surface area (Å²) in [4.78, 5) is 12.3. The summed E-state index contributed by atoms with van der Waals surface area (Å²) in [7, 11) is -0.508. The van der Waals surface area contributed by atoms with E-state index in [1.807, 2.05) is 11.8 Å². The van der Waals surface area contributed by atoms with E-state index in [4.69, 9.17) is 4.74 Å². The van der Waals surface area contributed by atoms with Crippen LogP contribution in [0.2, 0.25) is 0 Å². The molecule has 1 fully saturated rings. The first-order valence-corrected chi connectivity index (χ1v) is 10.4. The maximum atomic E-state index is 12.1. The number of benzene rings is 1. The van der Waals surface area contributed by atoms with Crippen molar-refractivity contribution in [2.75, 3.05) is 39.6 Å². The van der Waals surface area contributed by atoms with E-state index in [-0.39, 0.29) is 10.8 Å². The lowest BCUT2D eigenvalue weighted by Gasteiger charge is -2.21. The summed E-state index contributed by atoms with van der Waals surface area (Å²) < 4.78 is 30.4. The topological polar surface area (TPSA) is 75.7 Å². The monoisotopic (exact) mass is 372 g/mol. The van der Waals surface area contributed by atoms with Crippen molar-refractivity contribution in [1.29, 1.82) is 0 Å². The van der Waals surface area contributed by atoms with Gasteiger partial charge in [0.2, 0.25) is 10.0 Å². The average Bonchev–Trinajstić information content (AvgIpc) is 2.59. The Bertz CT molecular complexity index is 639. The molecule has 0 atom stereocenters. The third-order valence-corrected chi connectivity index (χ3v) is 7.02. The zero-order chi connectivity index (χ0) is 17.6. The van der Waals surface area contributed by atoms with E-state index in [0.29, 0.717) is 17.4 Å². The molecule has 1 aliphatic heterocycles. The predicted molar refractivity (Wildman–Crippen MR) is 95.9 cm³/mol. The second-order valence-corrected chi connectivity index (χ2v) is 9.31. The van der Waals surface area contributed by atoms with Gasteiger partial charge in [-0.05, 0) is 37.1 Å². The molecule has 0 spiro atoms. The lowest BCUT2D eigenvalue weighted by molar-refractivity contribution is 0.0955. The van der Waals surface area contributed by atoms with Gasteiger partial charge in [-0.15, -0.1) is 0 Å². The highest BCUT2D eigenvalue weighted by atomic mass is 32.2. The van der Waals surface area contributed by atoms with E-state index in [1.54, 1.807) is 0 Å². The second-order valence-electron chi connectivity index (χ2n) is 5.75. The van der Waals surface area contributed by atoms with Gasteiger partial charge in [-0.3, -0.25) is 4.79 Å². The summed E-state index contributed by atoms with van der Waals surface area (Å²) in [5.41, 5.74) is 0.462. The zero-order valence-electron chi connectivity index (χ0n) is 14.0. The van der Waals surface area contributed by atoms with Crippen LogP contribution >= 0.6 is 11.8 Å². The number of ether oxygens (including phenoxy) is 1. The van der Waals surface area contributed by atoms with Crippen LogP contribution in [-0.4, -0.2) is 63.5 Å². The average molecular weight is 373 g/mol. The smallest absolute Gasteiger partial charge is 0.251 e. The molecule has 1 amide bonds. The Hall–Kier alpha value is -1.09. The summed E-state index contributed by atoms with van der Waals surface area (Å²) in [6, 6.07) is 6.00. The molecule has 134 valence electrons. The minimum atomic E-state index is -3.46. The van der Waals surface area contributed by atoms with Crippen molar-refractivity contribution in [2.45, 2.75) is 23.0 Å². The number of thioether (sulfide) groups is 1. The maximum absolute atomic E-state index is 12.1. The number of carbonyl (C=O) groups is 1. The number of hydrogen-bond donors (Lipinski definition) is 1. The number of amides is 1. The molecule has 0 aromatic heterocycles. The normalized spacial score (nSPS) is 16.3. The third kappa shape index (κ3) is 5.20. The van der Waals surface area contributed by atoms with E-state index in [1.165, 1.54) is 38.4 Å².